The summed E-state index contributed by atoms with van der Waals surface area (Å²) in [5, 5.41) is 0. The molecule has 0 atom stereocenters. The van der Waals surface area contributed by atoms with Crippen LogP contribution in [-0.2, 0) is 20.6 Å². The number of nitrogens with zero attached hydrogens (tertiary/aromatic N) is 6. The smallest absolute Gasteiger partial charge is 0.331 e. The van der Waals surface area contributed by atoms with Crippen LogP contribution in [0.5, 0.6) is 0 Å². The van der Waals surface area contributed by atoms with Crippen molar-refractivity contribution in [1.29, 1.82) is 0 Å². The summed E-state index contributed by atoms with van der Waals surface area (Å²) in [7, 11) is 3.14. The van der Waals surface area contributed by atoms with Crippen molar-refractivity contribution in [1.82, 2.24) is 18.7 Å². The number of fused-ring (bicyclic) bond motifs is 1. The Morgan fingerprint density at radius 3 is 2.05 bits per heavy atom. The maximum atomic E-state index is 13.1. The number of piperazine rings is 1. The third-order valence-corrected chi connectivity index (χ3v) is 7.69. The second-order valence-corrected chi connectivity index (χ2v) is 10.1. The predicted octanol–water partition coefficient (Wildman–Crippen LogP) is 3.88. The number of pyridine rings is 1. The van der Waals surface area contributed by atoms with Gasteiger partial charge in [-0.1, -0.05) is 42.5 Å². The molecule has 0 N–H and O–H groups in total. The second-order valence-electron chi connectivity index (χ2n) is 10.1. The first-order chi connectivity index (χ1) is 19.4. The molecule has 0 unspecified atom stereocenters. The first-order valence-corrected chi connectivity index (χ1v) is 13.3. The van der Waals surface area contributed by atoms with Crippen LogP contribution in [0.2, 0.25) is 0 Å². The van der Waals surface area contributed by atoms with Crippen LogP contribution >= 0.6 is 24.8 Å². The number of para-hydroxylation sites is 1. The molecule has 2 aromatic carbocycles. The normalized spacial score (nSPS) is 13.0. The van der Waals surface area contributed by atoms with Gasteiger partial charge in [0.25, 0.3) is 5.56 Å². The number of carbonyl (C=O) groups excluding carboxylic acids is 1. The number of ketones is 1. The second kappa shape index (κ2) is 12.7. The minimum Gasteiger partial charge on any atom is -0.368 e. The van der Waals surface area contributed by atoms with Gasteiger partial charge in [-0.05, 0) is 35.9 Å². The highest BCUT2D eigenvalue weighted by atomic mass is 35.5. The summed E-state index contributed by atoms with van der Waals surface area (Å²) >= 11 is 0. The number of hydrogen-bond acceptors (Lipinski definition) is 6. The van der Waals surface area contributed by atoms with Gasteiger partial charge in [0.1, 0.15) is 11.3 Å². The Bertz CT molecular complexity index is 1810. The van der Waals surface area contributed by atoms with E-state index in [1.807, 2.05) is 34.9 Å². The predicted molar refractivity (Wildman–Crippen MR) is 171 cm³/mol. The molecular weight excluding hydrogens is 575 g/mol. The summed E-state index contributed by atoms with van der Waals surface area (Å²) in [5.74, 6) is 0.789. The molecule has 0 spiro atoms. The van der Waals surface area contributed by atoms with Gasteiger partial charge < -0.3 is 14.4 Å². The quantitative estimate of drug-likeness (QED) is 0.273. The number of rotatable bonds is 6. The highest BCUT2D eigenvalue weighted by Gasteiger charge is 2.19. The SMILES string of the molecule is Cl.Cl.Cn1c(=O)c2c(ccn2Cc2ccc(C(=O)c3ccc(N4CCN(c5ccccc5)CC4)nc3)cc2)n(C)c1=O. The fourth-order valence-corrected chi connectivity index (χ4v) is 5.33. The Balaban J connectivity index is 0.00000202. The van der Waals surface area contributed by atoms with E-state index in [9.17, 15) is 14.4 Å². The van der Waals surface area contributed by atoms with Crippen molar-refractivity contribution in [3.05, 3.63) is 123 Å². The maximum Gasteiger partial charge on any atom is 0.331 e. The van der Waals surface area contributed by atoms with Gasteiger partial charge in [-0.3, -0.25) is 18.7 Å². The third kappa shape index (κ3) is 5.70. The number of benzene rings is 2. The number of hydrogen-bond donors (Lipinski definition) is 0. The molecule has 218 valence electrons. The minimum absolute atomic E-state index is 0. The van der Waals surface area contributed by atoms with Crippen LogP contribution in [0.1, 0.15) is 21.5 Å². The number of carbonyl (C=O) groups is 1. The first-order valence-electron chi connectivity index (χ1n) is 13.3. The van der Waals surface area contributed by atoms with Gasteiger partial charge in [0, 0.05) is 76.0 Å². The van der Waals surface area contributed by atoms with E-state index in [-0.39, 0.29) is 41.8 Å². The molecule has 0 aliphatic carbocycles. The zero-order chi connectivity index (χ0) is 27.8. The average molecular weight is 608 g/mol. The summed E-state index contributed by atoms with van der Waals surface area (Å²) in [6, 6.07) is 23.3. The van der Waals surface area contributed by atoms with Crippen LogP contribution in [0.3, 0.4) is 0 Å². The lowest BCUT2D eigenvalue weighted by atomic mass is 10.0. The van der Waals surface area contributed by atoms with Crippen LogP contribution in [0, 0.1) is 0 Å². The maximum absolute atomic E-state index is 13.1. The van der Waals surface area contributed by atoms with Gasteiger partial charge in [-0.2, -0.15) is 0 Å². The van der Waals surface area contributed by atoms with E-state index >= 15 is 0 Å². The molecule has 5 aromatic rings. The Hall–Kier alpha value is -4.34. The molecule has 42 heavy (non-hydrogen) atoms. The number of aryl methyl sites for hydroxylation is 1. The van der Waals surface area contributed by atoms with Crippen molar-refractivity contribution in [2.24, 2.45) is 14.1 Å². The average Bonchev–Trinajstić information content (AvgIpc) is 3.43. The Morgan fingerprint density at radius 2 is 1.40 bits per heavy atom. The van der Waals surface area contributed by atoms with Crippen LogP contribution < -0.4 is 21.0 Å². The van der Waals surface area contributed by atoms with Crippen LogP contribution in [0.15, 0.2) is 94.8 Å². The van der Waals surface area contributed by atoms with Crippen molar-refractivity contribution < 1.29 is 4.79 Å². The van der Waals surface area contributed by atoms with Gasteiger partial charge in [0.05, 0.1) is 5.52 Å². The van der Waals surface area contributed by atoms with E-state index in [2.05, 4.69) is 39.0 Å². The summed E-state index contributed by atoms with van der Waals surface area (Å²) in [6.07, 6.45) is 3.46. The van der Waals surface area contributed by atoms with E-state index in [1.54, 1.807) is 37.6 Å². The Morgan fingerprint density at radius 1 is 0.762 bits per heavy atom. The highest BCUT2D eigenvalue weighted by Crippen LogP contribution is 2.20. The molecule has 4 heterocycles. The van der Waals surface area contributed by atoms with Crippen molar-refractivity contribution >= 4 is 53.1 Å². The van der Waals surface area contributed by atoms with Gasteiger partial charge in [0.2, 0.25) is 0 Å². The highest BCUT2D eigenvalue weighted by molar-refractivity contribution is 6.08. The summed E-state index contributed by atoms with van der Waals surface area (Å²) in [5.41, 5.74) is 3.67. The first kappa shape index (κ1) is 30.6. The monoisotopic (exact) mass is 606 g/mol. The van der Waals surface area contributed by atoms with Crippen LogP contribution in [0.4, 0.5) is 11.5 Å². The standard InChI is InChI=1S/C31H30N6O3.2ClH/c1-33-26-14-15-37(28(26)30(39)34(2)31(33)40)21-22-8-10-23(11-9-22)29(38)24-12-13-27(32-20-24)36-18-16-35(17-19-36)25-6-4-3-5-7-25;;/h3-15,20H,16-19,21H2,1-2H3;2*1H. The topological polar surface area (TPSA) is 85.4 Å². The fourth-order valence-electron chi connectivity index (χ4n) is 5.33. The lowest BCUT2D eigenvalue weighted by molar-refractivity contribution is 0.103. The van der Waals surface area contributed by atoms with Crippen LogP contribution in [0.25, 0.3) is 11.0 Å². The Kier molecular flexibility index (Phi) is 9.23. The number of halogens is 2. The van der Waals surface area contributed by atoms with Gasteiger partial charge in [-0.15, -0.1) is 24.8 Å². The van der Waals surface area contributed by atoms with Crippen LogP contribution in [-0.4, -0.2) is 50.6 Å². The zero-order valence-electron chi connectivity index (χ0n) is 23.3. The molecule has 0 amide bonds. The molecule has 3 aromatic heterocycles. The molecule has 0 saturated carbocycles. The lowest BCUT2D eigenvalue weighted by Crippen LogP contribution is -2.46. The van der Waals surface area contributed by atoms with Gasteiger partial charge in [-0.25, -0.2) is 9.78 Å². The summed E-state index contributed by atoms with van der Waals surface area (Å²) < 4.78 is 4.42. The molecule has 1 aliphatic rings. The van der Waals surface area contributed by atoms with Crippen molar-refractivity contribution in [3.63, 3.8) is 0 Å². The molecule has 1 fully saturated rings. The van der Waals surface area contributed by atoms with Crippen molar-refractivity contribution in [3.8, 4) is 0 Å². The minimum atomic E-state index is -0.355. The third-order valence-electron chi connectivity index (χ3n) is 7.69. The molecule has 11 heteroatoms. The zero-order valence-corrected chi connectivity index (χ0v) is 25.0. The van der Waals surface area contributed by atoms with E-state index in [1.165, 1.54) is 17.3 Å². The molecule has 0 radical (unpaired) electrons. The van der Waals surface area contributed by atoms with E-state index in [0.29, 0.717) is 28.7 Å². The molecule has 0 bridgehead atoms. The number of anilines is 2. The Labute approximate surface area is 255 Å². The molecular formula is C31H32Cl2N6O3. The molecule has 6 rings (SSSR count). The van der Waals surface area contributed by atoms with Gasteiger partial charge >= 0.3 is 5.69 Å². The lowest BCUT2D eigenvalue weighted by Gasteiger charge is -2.36. The van der Waals surface area contributed by atoms with Crippen molar-refractivity contribution in [2.45, 2.75) is 6.54 Å². The van der Waals surface area contributed by atoms with E-state index in [4.69, 9.17) is 0 Å². The van der Waals surface area contributed by atoms with Crippen molar-refractivity contribution in [2.75, 3.05) is 36.0 Å². The molecule has 9 nitrogen and oxygen atoms in total. The molecule has 1 aliphatic heterocycles. The van der Waals surface area contributed by atoms with E-state index in [0.717, 1.165) is 42.1 Å². The van der Waals surface area contributed by atoms with Gasteiger partial charge in [0.15, 0.2) is 5.78 Å². The number of aromatic nitrogens is 4. The molecule has 1 saturated heterocycles. The summed E-state index contributed by atoms with van der Waals surface area (Å²) in [6.45, 7) is 4.03. The van der Waals surface area contributed by atoms with E-state index < -0.39 is 0 Å². The summed E-state index contributed by atoms with van der Waals surface area (Å²) in [4.78, 5) is 47.3. The largest absolute Gasteiger partial charge is 0.368 e. The fraction of sp³-hybridized carbons (Fsp3) is 0.226.